The molecule has 0 amide bonds. The SMILES string of the molecule is O=[N+]([O-])c1ccc(CSc2ccc(-c3ccc4c(c3)OCO4)nn2)cc1. The second-order valence-corrected chi connectivity index (χ2v) is 6.53. The average Bonchev–Trinajstić information content (AvgIpc) is 3.15. The standard InChI is InChI=1S/C18H13N3O4S/c22-21(23)14-4-1-12(2-5-14)10-26-18-8-6-15(19-20-18)13-3-7-16-17(9-13)25-11-24-16/h1-9H,10-11H2. The van der Waals surface area contributed by atoms with Crippen LogP contribution in [0, 0.1) is 10.1 Å². The first-order chi connectivity index (χ1) is 12.7. The Morgan fingerprint density at radius 3 is 2.54 bits per heavy atom. The molecule has 0 aliphatic carbocycles. The Labute approximate surface area is 153 Å². The molecule has 0 atom stereocenters. The van der Waals surface area contributed by atoms with Crippen molar-refractivity contribution in [3.63, 3.8) is 0 Å². The van der Waals surface area contributed by atoms with Gasteiger partial charge in [0.2, 0.25) is 6.79 Å². The zero-order chi connectivity index (χ0) is 17.9. The summed E-state index contributed by atoms with van der Waals surface area (Å²) < 4.78 is 10.7. The minimum absolute atomic E-state index is 0.0895. The van der Waals surface area contributed by atoms with E-state index in [0.717, 1.165) is 27.6 Å². The number of rotatable bonds is 5. The molecule has 0 unspecified atom stereocenters. The summed E-state index contributed by atoms with van der Waals surface area (Å²) in [5.41, 5.74) is 2.74. The van der Waals surface area contributed by atoms with Crippen LogP contribution in [0.15, 0.2) is 59.6 Å². The molecule has 0 radical (unpaired) electrons. The number of aromatic nitrogens is 2. The minimum atomic E-state index is -0.406. The Balaban J connectivity index is 1.42. The second-order valence-electron chi connectivity index (χ2n) is 5.54. The number of hydrogen-bond donors (Lipinski definition) is 0. The van der Waals surface area contributed by atoms with Gasteiger partial charge in [-0.05, 0) is 35.9 Å². The molecule has 0 saturated heterocycles. The van der Waals surface area contributed by atoms with Gasteiger partial charge in [0, 0.05) is 23.4 Å². The molecule has 130 valence electrons. The number of fused-ring (bicyclic) bond motifs is 1. The molecule has 0 spiro atoms. The normalized spacial score (nSPS) is 12.2. The molecular formula is C18H13N3O4S. The molecule has 8 heteroatoms. The largest absolute Gasteiger partial charge is 0.454 e. The molecule has 1 aliphatic rings. The van der Waals surface area contributed by atoms with Gasteiger partial charge >= 0.3 is 0 Å². The van der Waals surface area contributed by atoms with Crippen LogP contribution in [0.3, 0.4) is 0 Å². The molecule has 0 saturated carbocycles. The molecule has 2 aromatic carbocycles. The van der Waals surface area contributed by atoms with Gasteiger partial charge < -0.3 is 9.47 Å². The van der Waals surface area contributed by atoms with Gasteiger partial charge in [0.05, 0.1) is 10.6 Å². The van der Waals surface area contributed by atoms with Gasteiger partial charge in [0.15, 0.2) is 11.5 Å². The van der Waals surface area contributed by atoms with Crippen molar-refractivity contribution in [3.8, 4) is 22.8 Å². The molecule has 7 nitrogen and oxygen atoms in total. The zero-order valence-electron chi connectivity index (χ0n) is 13.5. The lowest BCUT2D eigenvalue weighted by Crippen LogP contribution is -1.93. The molecule has 0 bridgehead atoms. The van der Waals surface area contributed by atoms with Gasteiger partial charge in [-0.2, -0.15) is 0 Å². The molecule has 26 heavy (non-hydrogen) atoms. The first-order valence-corrected chi connectivity index (χ1v) is 8.77. The Bertz CT molecular complexity index is 946. The van der Waals surface area contributed by atoms with Crippen molar-refractivity contribution in [1.82, 2.24) is 10.2 Å². The summed E-state index contributed by atoms with van der Waals surface area (Å²) in [6, 6.07) is 16.0. The molecule has 2 heterocycles. The fraction of sp³-hybridized carbons (Fsp3) is 0.111. The smallest absolute Gasteiger partial charge is 0.269 e. The lowest BCUT2D eigenvalue weighted by molar-refractivity contribution is -0.384. The van der Waals surface area contributed by atoms with Gasteiger partial charge in [-0.3, -0.25) is 10.1 Å². The fourth-order valence-electron chi connectivity index (χ4n) is 2.48. The van der Waals surface area contributed by atoms with E-state index in [1.807, 2.05) is 30.3 Å². The van der Waals surface area contributed by atoms with Crippen LogP contribution in [-0.4, -0.2) is 21.9 Å². The van der Waals surface area contributed by atoms with Crippen molar-refractivity contribution in [2.45, 2.75) is 10.8 Å². The quantitative estimate of drug-likeness (QED) is 0.381. The average molecular weight is 367 g/mol. The van der Waals surface area contributed by atoms with Crippen LogP contribution < -0.4 is 9.47 Å². The number of hydrogen-bond acceptors (Lipinski definition) is 7. The Kier molecular flexibility index (Phi) is 4.40. The van der Waals surface area contributed by atoms with E-state index < -0.39 is 4.92 Å². The number of nitrogens with zero attached hydrogens (tertiary/aromatic N) is 3. The fourth-order valence-corrected chi connectivity index (χ4v) is 3.25. The van der Waals surface area contributed by atoms with Gasteiger partial charge in [0.25, 0.3) is 5.69 Å². The highest BCUT2D eigenvalue weighted by Gasteiger charge is 2.14. The summed E-state index contributed by atoms with van der Waals surface area (Å²) in [6.45, 7) is 0.239. The predicted molar refractivity (Wildman–Crippen MR) is 96.2 cm³/mol. The van der Waals surface area contributed by atoms with E-state index in [-0.39, 0.29) is 12.5 Å². The summed E-state index contributed by atoms with van der Waals surface area (Å²) in [5.74, 6) is 2.11. The van der Waals surface area contributed by atoms with E-state index in [1.54, 1.807) is 12.1 Å². The van der Waals surface area contributed by atoms with Crippen molar-refractivity contribution >= 4 is 17.4 Å². The second kappa shape index (κ2) is 7.01. The highest BCUT2D eigenvalue weighted by atomic mass is 32.2. The van der Waals surface area contributed by atoms with Crippen LogP contribution in [-0.2, 0) is 5.75 Å². The van der Waals surface area contributed by atoms with Crippen LogP contribution in [0.4, 0.5) is 5.69 Å². The molecule has 0 fully saturated rings. The third-order valence-corrected chi connectivity index (χ3v) is 4.83. The van der Waals surface area contributed by atoms with Crippen molar-refractivity contribution < 1.29 is 14.4 Å². The van der Waals surface area contributed by atoms with Gasteiger partial charge in [0.1, 0.15) is 5.03 Å². The Hall–Kier alpha value is -3.13. The van der Waals surface area contributed by atoms with Crippen LogP contribution in [0.2, 0.25) is 0 Å². The first-order valence-electron chi connectivity index (χ1n) is 7.79. The van der Waals surface area contributed by atoms with E-state index in [0.29, 0.717) is 11.5 Å². The van der Waals surface area contributed by atoms with E-state index in [9.17, 15) is 10.1 Å². The van der Waals surface area contributed by atoms with Crippen LogP contribution in [0.5, 0.6) is 11.5 Å². The monoisotopic (exact) mass is 367 g/mol. The maximum atomic E-state index is 10.7. The van der Waals surface area contributed by atoms with Crippen molar-refractivity contribution in [2.24, 2.45) is 0 Å². The maximum absolute atomic E-state index is 10.7. The molecule has 1 aromatic heterocycles. The lowest BCUT2D eigenvalue weighted by atomic mass is 10.1. The third-order valence-electron chi connectivity index (χ3n) is 3.84. The van der Waals surface area contributed by atoms with Crippen LogP contribution >= 0.6 is 11.8 Å². The summed E-state index contributed by atoms with van der Waals surface area (Å²) in [5, 5.41) is 20.0. The molecular weight excluding hydrogens is 354 g/mol. The highest BCUT2D eigenvalue weighted by molar-refractivity contribution is 7.98. The lowest BCUT2D eigenvalue weighted by Gasteiger charge is -2.04. The topological polar surface area (TPSA) is 87.4 Å². The van der Waals surface area contributed by atoms with Crippen molar-refractivity contribution in [3.05, 3.63) is 70.3 Å². The van der Waals surface area contributed by atoms with Crippen molar-refractivity contribution in [1.29, 1.82) is 0 Å². The van der Waals surface area contributed by atoms with E-state index in [2.05, 4.69) is 10.2 Å². The Morgan fingerprint density at radius 1 is 1.00 bits per heavy atom. The first kappa shape index (κ1) is 16.3. The summed E-state index contributed by atoms with van der Waals surface area (Å²) >= 11 is 1.52. The maximum Gasteiger partial charge on any atom is 0.269 e. The van der Waals surface area contributed by atoms with Gasteiger partial charge in [-0.1, -0.05) is 23.9 Å². The summed E-state index contributed by atoms with van der Waals surface area (Å²) in [4.78, 5) is 10.3. The summed E-state index contributed by atoms with van der Waals surface area (Å²) in [7, 11) is 0. The van der Waals surface area contributed by atoms with Crippen LogP contribution in [0.1, 0.15) is 5.56 Å². The number of thioether (sulfide) groups is 1. The highest BCUT2D eigenvalue weighted by Crippen LogP contribution is 2.35. The van der Waals surface area contributed by atoms with Crippen molar-refractivity contribution in [2.75, 3.05) is 6.79 Å². The van der Waals surface area contributed by atoms with Gasteiger partial charge in [-0.25, -0.2) is 0 Å². The minimum Gasteiger partial charge on any atom is -0.454 e. The zero-order valence-corrected chi connectivity index (χ0v) is 14.3. The molecule has 0 N–H and O–H groups in total. The third kappa shape index (κ3) is 3.45. The molecule has 1 aliphatic heterocycles. The summed E-state index contributed by atoms with van der Waals surface area (Å²) in [6.07, 6.45) is 0. The van der Waals surface area contributed by atoms with Gasteiger partial charge in [-0.15, -0.1) is 10.2 Å². The number of nitro benzene ring substituents is 1. The number of nitro groups is 1. The van der Waals surface area contributed by atoms with E-state index >= 15 is 0 Å². The Morgan fingerprint density at radius 2 is 1.81 bits per heavy atom. The number of non-ortho nitro benzene ring substituents is 1. The van der Waals surface area contributed by atoms with E-state index in [1.165, 1.54) is 23.9 Å². The molecule has 4 rings (SSSR count). The predicted octanol–water partition coefficient (Wildman–Crippen LogP) is 4.07. The van der Waals surface area contributed by atoms with E-state index in [4.69, 9.17) is 9.47 Å². The van der Waals surface area contributed by atoms with Crippen LogP contribution in [0.25, 0.3) is 11.3 Å². The molecule has 3 aromatic rings. The number of ether oxygens (including phenoxy) is 2. The number of benzene rings is 2.